The van der Waals surface area contributed by atoms with Crippen LogP contribution in [0.15, 0.2) is 12.3 Å². The largest absolute Gasteiger partial charge is 0.467 e. The van der Waals surface area contributed by atoms with Gasteiger partial charge in [0.25, 0.3) is 0 Å². The average molecular weight is 252 g/mol. The van der Waals surface area contributed by atoms with Crippen molar-refractivity contribution >= 4 is 11.8 Å². The number of methoxy groups -OCH3 is 1. The van der Waals surface area contributed by atoms with Crippen molar-refractivity contribution in [2.75, 3.05) is 25.5 Å². The van der Waals surface area contributed by atoms with Gasteiger partial charge in [-0.25, -0.2) is 9.78 Å². The van der Waals surface area contributed by atoms with Crippen molar-refractivity contribution in [1.29, 1.82) is 0 Å². The van der Waals surface area contributed by atoms with Gasteiger partial charge in [-0.1, -0.05) is 6.92 Å². The van der Waals surface area contributed by atoms with Gasteiger partial charge in [-0.3, -0.25) is 5.32 Å². The zero-order valence-corrected chi connectivity index (χ0v) is 10.4. The maximum absolute atomic E-state index is 11.8. The summed E-state index contributed by atoms with van der Waals surface area (Å²) in [6, 6.07) is 1.49. The van der Waals surface area contributed by atoms with Gasteiger partial charge in [0.05, 0.1) is 25.8 Å². The van der Waals surface area contributed by atoms with E-state index >= 15 is 0 Å². The Kier molecular flexibility index (Phi) is 3.33. The summed E-state index contributed by atoms with van der Waals surface area (Å²) in [5.41, 5.74) is -0.735. The summed E-state index contributed by atoms with van der Waals surface area (Å²) < 4.78 is 4.86. The van der Waals surface area contributed by atoms with Crippen LogP contribution >= 0.6 is 0 Å². The molecule has 0 aromatic carbocycles. The van der Waals surface area contributed by atoms with Gasteiger partial charge in [0.1, 0.15) is 5.82 Å². The monoisotopic (exact) mass is 252 g/mol. The number of β-amino-alcohol motifs (C(OH)–C–C–N with tert-alkyl or cyclic N) is 1. The number of aliphatic hydroxyl groups is 1. The maximum atomic E-state index is 11.8. The highest BCUT2D eigenvalue weighted by Crippen LogP contribution is 2.24. The van der Waals surface area contributed by atoms with Gasteiger partial charge in [0.15, 0.2) is 0 Å². The fourth-order valence-electron chi connectivity index (χ4n) is 1.73. The Morgan fingerprint density at radius 2 is 2.39 bits per heavy atom. The number of carbonyl (C=O) groups is 1. The zero-order chi connectivity index (χ0) is 13.2. The van der Waals surface area contributed by atoms with E-state index in [9.17, 15) is 9.90 Å². The topological polar surface area (TPSA) is 87.6 Å². The van der Waals surface area contributed by atoms with Crippen molar-refractivity contribution in [2.45, 2.75) is 18.9 Å². The normalized spacial score (nSPS) is 16.9. The first-order valence-corrected chi connectivity index (χ1v) is 5.71. The van der Waals surface area contributed by atoms with Crippen LogP contribution in [0, 0.1) is 0 Å². The molecule has 2 N–H and O–H groups in total. The van der Waals surface area contributed by atoms with Crippen molar-refractivity contribution in [1.82, 2.24) is 14.9 Å². The molecule has 0 bridgehead atoms. The number of carbonyl (C=O) groups excluding carboxylic acids is 1. The third-order valence-corrected chi connectivity index (χ3v) is 2.97. The number of hydrogen-bond donors (Lipinski definition) is 2. The number of anilines is 1. The lowest BCUT2D eigenvalue weighted by atomic mass is 9.92. The van der Waals surface area contributed by atoms with E-state index in [0.29, 0.717) is 25.3 Å². The van der Waals surface area contributed by atoms with Crippen molar-refractivity contribution in [3.05, 3.63) is 12.3 Å². The molecule has 1 aromatic rings. The zero-order valence-electron chi connectivity index (χ0n) is 10.4. The predicted octanol–water partition coefficient (Wildman–Crippen LogP) is 0.474. The SMILES string of the molecule is CCC1(O)CN(C(=O)Nc2ccnc(OC)n2)C1. The van der Waals surface area contributed by atoms with E-state index < -0.39 is 5.60 Å². The quantitative estimate of drug-likeness (QED) is 0.816. The molecule has 0 saturated carbocycles. The van der Waals surface area contributed by atoms with Crippen LogP contribution in [-0.4, -0.2) is 51.8 Å². The molecule has 0 atom stereocenters. The summed E-state index contributed by atoms with van der Waals surface area (Å²) in [5, 5.41) is 12.4. The van der Waals surface area contributed by atoms with Crippen molar-refractivity contribution < 1.29 is 14.6 Å². The van der Waals surface area contributed by atoms with Crippen LogP contribution in [0.25, 0.3) is 0 Å². The maximum Gasteiger partial charge on any atom is 0.323 e. The molecule has 18 heavy (non-hydrogen) atoms. The van der Waals surface area contributed by atoms with E-state index in [0.717, 1.165) is 0 Å². The Morgan fingerprint density at radius 3 is 3.00 bits per heavy atom. The van der Waals surface area contributed by atoms with E-state index in [1.165, 1.54) is 18.2 Å². The lowest BCUT2D eigenvalue weighted by Gasteiger charge is -2.45. The number of aromatic nitrogens is 2. The van der Waals surface area contributed by atoms with Crippen LogP contribution in [0.2, 0.25) is 0 Å². The fourth-order valence-corrected chi connectivity index (χ4v) is 1.73. The van der Waals surface area contributed by atoms with Crippen LogP contribution in [0.4, 0.5) is 10.6 Å². The number of amides is 2. The van der Waals surface area contributed by atoms with Crippen LogP contribution in [-0.2, 0) is 0 Å². The average Bonchev–Trinajstić information content (AvgIpc) is 2.35. The Bertz CT molecular complexity index is 446. The van der Waals surface area contributed by atoms with E-state index in [-0.39, 0.29) is 12.0 Å². The van der Waals surface area contributed by atoms with E-state index in [4.69, 9.17) is 4.74 Å². The van der Waals surface area contributed by atoms with Gasteiger partial charge in [-0.05, 0) is 12.5 Å². The van der Waals surface area contributed by atoms with E-state index in [1.54, 1.807) is 6.07 Å². The minimum Gasteiger partial charge on any atom is -0.467 e. The molecule has 7 heteroatoms. The molecule has 98 valence electrons. The molecule has 1 fully saturated rings. The number of urea groups is 1. The first-order valence-electron chi connectivity index (χ1n) is 5.71. The summed E-state index contributed by atoms with van der Waals surface area (Å²) in [4.78, 5) is 21.1. The number of rotatable bonds is 3. The first-order chi connectivity index (χ1) is 8.56. The number of likely N-dealkylation sites (tertiary alicyclic amines) is 1. The molecule has 0 spiro atoms. The molecule has 0 aliphatic carbocycles. The predicted molar refractivity (Wildman–Crippen MR) is 64.4 cm³/mol. The third kappa shape index (κ3) is 2.51. The summed E-state index contributed by atoms with van der Waals surface area (Å²) in [5.74, 6) is 0.374. The molecule has 2 heterocycles. The molecule has 7 nitrogen and oxygen atoms in total. The minimum atomic E-state index is -0.735. The van der Waals surface area contributed by atoms with Gasteiger partial charge in [-0.15, -0.1) is 0 Å². The van der Waals surface area contributed by atoms with E-state index in [1.807, 2.05) is 6.92 Å². The van der Waals surface area contributed by atoms with Gasteiger partial charge >= 0.3 is 12.0 Å². The molecule has 1 aromatic heterocycles. The lowest BCUT2D eigenvalue weighted by Crippen LogP contribution is -2.64. The Hall–Kier alpha value is -1.89. The standard InChI is InChI=1S/C11H16N4O3/c1-3-11(17)6-15(7-11)10(16)14-8-4-5-12-9(13-8)18-2/h4-5,17H,3,6-7H2,1-2H3,(H,12,13,14,16). The number of nitrogens with zero attached hydrogens (tertiary/aromatic N) is 3. The molecule has 1 aliphatic heterocycles. The smallest absolute Gasteiger partial charge is 0.323 e. The molecule has 2 rings (SSSR count). The van der Waals surface area contributed by atoms with Crippen molar-refractivity contribution in [2.24, 2.45) is 0 Å². The molecule has 0 unspecified atom stereocenters. The molecule has 1 aliphatic rings. The summed E-state index contributed by atoms with van der Waals surface area (Å²) in [7, 11) is 1.46. The van der Waals surface area contributed by atoms with Gasteiger partial charge in [-0.2, -0.15) is 4.98 Å². The second-order valence-electron chi connectivity index (χ2n) is 4.29. The molecule has 0 radical (unpaired) electrons. The Morgan fingerprint density at radius 1 is 1.67 bits per heavy atom. The summed E-state index contributed by atoms with van der Waals surface area (Å²) in [6.07, 6.45) is 2.14. The minimum absolute atomic E-state index is 0.196. The van der Waals surface area contributed by atoms with Crippen LogP contribution in [0.5, 0.6) is 6.01 Å². The van der Waals surface area contributed by atoms with Gasteiger partial charge < -0.3 is 14.7 Å². The second kappa shape index (κ2) is 4.77. The molecular weight excluding hydrogens is 236 g/mol. The second-order valence-corrected chi connectivity index (χ2v) is 4.29. The Balaban J connectivity index is 1.92. The first kappa shape index (κ1) is 12.6. The summed E-state index contributed by atoms with van der Waals surface area (Å²) >= 11 is 0. The third-order valence-electron chi connectivity index (χ3n) is 2.97. The van der Waals surface area contributed by atoms with Crippen molar-refractivity contribution in [3.8, 4) is 6.01 Å². The Labute approximate surface area is 105 Å². The van der Waals surface area contributed by atoms with Gasteiger partial charge in [0, 0.05) is 6.20 Å². The van der Waals surface area contributed by atoms with Crippen LogP contribution in [0.3, 0.4) is 0 Å². The van der Waals surface area contributed by atoms with Gasteiger partial charge in [0.2, 0.25) is 0 Å². The number of ether oxygens (including phenoxy) is 1. The highest BCUT2D eigenvalue weighted by molar-refractivity contribution is 5.89. The highest BCUT2D eigenvalue weighted by atomic mass is 16.5. The number of hydrogen-bond acceptors (Lipinski definition) is 5. The lowest BCUT2D eigenvalue weighted by molar-refractivity contribution is -0.0755. The number of nitrogens with one attached hydrogen (secondary N) is 1. The van der Waals surface area contributed by atoms with Crippen molar-refractivity contribution in [3.63, 3.8) is 0 Å². The fraction of sp³-hybridized carbons (Fsp3) is 0.545. The molecule has 2 amide bonds. The highest BCUT2D eigenvalue weighted by Gasteiger charge is 2.42. The molecular formula is C11H16N4O3. The van der Waals surface area contributed by atoms with Crippen LogP contribution < -0.4 is 10.1 Å². The summed E-state index contributed by atoms with van der Waals surface area (Å²) in [6.45, 7) is 2.58. The van der Waals surface area contributed by atoms with E-state index in [2.05, 4.69) is 15.3 Å². The van der Waals surface area contributed by atoms with Crippen LogP contribution in [0.1, 0.15) is 13.3 Å². The molecule has 1 saturated heterocycles.